The maximum Gasteiger partial charge on any atom is 0.270 e. The Bertz CT molecular complexity index is 538. The Labute approximate surface area is 88.3 Å². The van der Waals surface area contributed by atoms with Crippen molar-refractivity contribution in [2.75, 3.05) is 0 Å². The number of alkyl halides is 2. The van der Waals surface area contributed by atoms with Gasteiger partial charge in [0.15, 0.2) is 0 Å². The molecule has 0 aliphatic rings. The number of rotatable bonds is 2. The molecule has 0 amide bonds. The molecule has 1 N–H and O–H groups in total. The third-order valence-corrected chi connectivity index (χ3v) is 3.22. The number of aryl methyl sites for hydroxylation is 1. The molecule has 4 nitrogen and oxygen atoms in total. The number of halogens is 3. The van der Waals surface area contributed by atoms with Crippen LogP contribution in [0.3, 0.4) is 0 Å². The molecule has 1 aromatic heterocycles. The summed E-state index contributed by atoms with van der Waals surface area (Å²) in [5.41, 5.74) is -2.31. The van der Waals surface area contributed by atoms with Crippen molar-refractivity contribution < 1.29 is 17.2 Å². The molecule has 1 heterocycles. The molecule has 0 radical (unpaired) electrons. The minimum Gasteiger partial charge on any atom is -0.328 e. The summed E-state index contributed by atoms with van der Waals surface area (Å²) in [6.07, 6.45) is -2.18. The van der Waals surface area contributed by atoms with Crippen molar-refractivity contribution in [1.82, 2.24) is 4.98 Å². The highest BCUT2D eigenvalue weighted by Gasteiger charge is 2.27. The van der Waals surface area contributed by atoms with Crippen molar-refractivity contribution >= 4 is 19.7 Å². The Morgan fingerprint density at radius 3 is 2.33 bits per heavy atom. The van der Waals surface area contributed by atoms with Crippen LogP contribution in [0.15, 0.2) is 15.9 Å². The summed E-state index contributed by atoms with van der Waals surface area (Å²) in [4.78, 5) is 12.2. The first-order chi connectivity index (χ1) is 6.75. The maximum absolute atomic E-state index is 12.5. The van der Waals surface area contributed by atoms with Gasteiger partial charge >= 0.3 is 0 Å². The number of H-pyrrole nitrogens is 1. The third kappa shape index (κ3) is 2.35. The number of hydrogen-bond donors (Lipinski definition) is 1. The predicted molar refractivity (Wildman–Crippen MR) is 49.8 cm³/mol. The molecule has 0 aliphatic heterocycles. The van der Waals surface area contributed by atoms with Crippen LogP contribution in [-0.4, -0.2) is 13.4 Å². The second-order valence-electron chi connectivity index (χ2n) is 2.78. The van der Waals surface area contributed by atoms with E-state index in [4.69, 9.17) is 10.7 Å². The molecule has 0 atom stereocenters. The van der Waals surface area contributed by atoms with Crippen molar-refractivity contribution in [2.45, 2.75) is 18.2 Å². The molecular weight excluding hydrogens is 252 g/mol. The minimum atomic E-state index is -4.36. The van der Waals surface area contributed by atoms with Crippen LogP contribution < -0.4 is 5.56 Å². The van der Waals surface area contributed by atoms with Gasteiger partial charge in [0.25, 0.3) is 21.0 Å². The van der Waals surface area contributed by atoms with Crippen molar-refractivity contribution in [1.29, 1.82) is 0 Å². The van der Waals surface area contributed by atoms with Gasteiger partial charge in [-0.1, -0.05) is 0 Å². The van der Waals surface area contributed by atoms with E-state index in [0.29, 0.717) is 0 Å². The van der Waals surface area contributed by atoms with Crippen molar-refractivity contribution in [3.8, 4) is 0 Å². The molecule has 0 spiro atoms. The molecule has 0 aliphatic carbocycles. The van der Waals surface area contributed by atoms with E-state index in [1.807, 2.05) is 4.98 Å². The van der Waals surface area contributed by atoms with Gasteiger partial charge in [0.2, 0.25) is 0 Å². The minimum absolute atomic E-state index is 0.0279. The molecular formula is C7H6ClF2NO3S. The fourth-order valence-corrected chi connectivity index (χ4v) is 2.66. The monoisotopic (exact) mass is 257 g/mol. The summed E-state index contributed by atoms with van der Waals surface area (Å²) in [5.74, 6) is 0. The van der Waals surface area contributed by atoms with Crippen molar-refractivity contribution in [2.24, 2.45) is 0 Å². The SMILES string of the molecule is Cc1c[nH]c(=O)c(C(F)F)c1S(=O)(=O)Cl. The van der Waals surface area contributed by atoms with E-state index in [1.165, 1.54) is 6.92 Å². The maximum atomic E-state index is 12.5. The summed E-state index contributed by atoms with van der Waals surface area (Å²) in [7, 11) is 0.612. The summed E-state index contributed by atoms with van der Waals surface area (Å²) in [6, 6.07) is 0. The highest BCUT2D eigenvalue weighted by molar-refractivity contribution is 8.13. The van der Waals surface area contributed by atoms with Crippen LogP contribution in [-0.2, 0) is 9.05 Å². The largest absolute Gasteiger partial charge is 0.328 e. The van der Waals surface area contributed by atoms with E-state index < -0.39 is 31.5 Å². The van der Waals surface area contributed by atoms with Gasteiger partial charge < -0.3 is 4.98 Å². The number of aromatic nitrogens is 1. The summed E-state index contributed by atoms with van der Waals surface area (Å²) >= 11 is 0. The third-order valence-electron chi connectivity index (χ3n) is 1.73. The Kier molecular flexibility index (Phi) is 3.15. The molecule has 0 fully saturated rings. The van der Waals surface area contributed by atoms with Crippen molar-refractivity contribution in [3.63, 3.8) is 0 Å². The van der Waals surface area contributed by atoms with Gasteiger partial charge in [-0.05, 0) is 12.5 Å². The first-order valence-electron chi connectivity index (χ1n) is 3.70. The molecule has 0 saturated carbocycles. The Morgan fingerprint density at radius 1 is 1.47 bits per heavy atom. The normalized spacial score (nSPS) is 12.1. The van der Waals surface area contributed by atoms with Crippen LogP contribution >= 0.6 is 10.7 Å². The molecule has 15 heavy (non-hydrogen) atoms. The topological polar surface area (TPSA) is 67.0 Å². The van der Waals surface area contributed by atoms with Gasteiger partial charge in [0.1, 0.15) is 10.5 Å². The first kappa shape index (κ1) is 12.1. The van der Waals surface area contributed by atoms with Gasteiger partial charge in [0.05, 0.1) is 0 Å². The van der Waals surface area contributed by atoms with Gasteiger partial charge in [-0.3, -0.25) is 4.79 Å². The average molecular weight is 258 g/mol. The standard InChI is InChI=1S/C7H6ClF2NO3S/c1-3-2-11-7(12)4(6(9)10)5(3)15(8,13)14/h2,6H,1H3,(H,11,12). The van der Waals surface area contributed by atoms with Crippen LogP contribution in [0, 0.1) is 6.92 Å². The molecule has 0 unspecified atom stereocenters. The lowest BCUT2D eigenvalue weighted by atomic mass is 10.2. The molecule has 84 valence electrons. The highest BCUT2D eigenvalue weighted by atomic mass is 35.7. The second kappa shape index (κ2) is 3.90. The smallest absolute Gasteiger partial charge is 0.270 e. The summed E-state index contributed by atoms with van der Waals surface area (Å²) in [5, 5.41) is 0. The highest BCUT2D eigenvalue weighted by Crippen LogP contribution is 2.27. The van der Waals surface area contributed by atoms with E-state index >= 15 is 0 Å². The number of pyridine rings is 1. The number of hydrogen-bond acceptors (Lipinski definition) is 3. The molecule has 1 rings (SSSR count). The average Bonchev–Trinajstić information content (AvgIpc) is 2.05. The summed E-state index contributed by atoms with van der Waals surface area (Å²) < 4.78 is 46.9. The fraction of sp³-hybridized carbons (Fsp3) is 0.286. The predicted octanol–water partition coefficient (Wildman–Crippen LogP) is 1.55. The van der Waals surface area contributed by atoms with Crippen LogP contribution in [0.4, 0.5) is 8.78 Å². The summed E-state index contributed by atoms with van der Waals surface area (Å²) in [6.45, 7) is 1.26. The number of nitrogens with one attached hydrogen (secondary N) is 1. The zero-order valence-corrected chi connectivity index (χ0v) is 8.99. The van der Waals surface area contributed by atoms with E-state index in [-0.39, 0.29) is 5.56 Å². The molecule has 0 aromatic carbocycles. The quantitative estimate of drug-likeness (QED) is 0.818. The van der Waals surface area contributed by atoms with Crippen molar-refractivity contribution in [3.05, 3.63) is 27.7 Å². The van der Waals surface area contributed by atoms with Gasteiger partial charge in [-0.2, -0.15) is 0 Å². The van der Waals surface area contributed by atoms with Gasteiger partial charge in [0, 0.05) is 16.9 Å². The molecule has 1 aromatic rings. The zero-order valence-electron chi connectivity index (χ0n) is 7.42. The van der Waals surface area contributed by atoms with E-state index in [2.05, 4.69) is 0 Å². The van der Waals surface area contributed by atoms with Gasteiger partial charge in [-0.15, -0.1) is 0 Å². The van der Waals surface area contributed by atoms with E-state index in [1.54, 1.807) is 0 Å². The molecule has 0 bridgehead atoms. The Morgan fingerprint density at radius 2 is 2.00 bits per heavy atom. The Balaban J connectivity index is 3.77. The van der Waals surface area contributed by atoms with Crippen LogP contribution in [0.25, 0.3) is 0 Å². The molecule has 8 heteroatoms. The lowest BCUT2D eigenvalue weighted by Gasteiger charge is -2.07. The zero-order chi connectivity index (χ0) is 11.8. The van der Waals surface area contributed by atoms with Crippen LogP contribution in [0.5, 0.6) is 0 Å². The van der Waals surface area contributed by atoms with Crippen LogP contribution in [0.1, 0.15) is 17.6 Å². The Hall–Kier alpha value is -0.950. The molecule has 0 saturated heterocycles. The number of aromatic amines is 1. The van der Waals surface area contributed by atoms with E-state index in [0.717, 1.165) is 6.20 Å². The van der Waals surface area contributed by atoms with E-state index in [9.17, 15) is 22.0 Å². The van der Waals surface area contributed by atoms with Crippen LogP contribution in [0.2, 0.25) is 0 Å². The van der Waals surface area contributed by atoms with Gasteiger partial charge in [-0.25, -0.2) is 17.2 Å². The lowest BCUT2D eigenvalue weighted by Crippen LogP contribution is -2.18. The first-order valence-corrected chi connectivity index (χ1v) is 6.01. The lowest BCUT2D eigenvalue weighted by molar-refractivity contribution is 0.146. The second-order valence-corrected chi connectivity index (χ2v) is 5.28. The fourth-order valence-electron chi connectivity index (χ4n) is 1.15.